The van der Waals surface area contributed by atoms with Crippen molar-refractivity contribution in [2.75, 3.05) is 4.90 Å². The summed E-state index contributed by atoms with van der Waals surface area (Å²) in [6, 6.07) is 33.6. The molecule has 0 spiro atoms. The van der Waals surface area contributed by atoms with E-state index in [4.69, 9.17) is 10.2 Å². The molecule has 0 heterocycles. The maximum atomic E-state index is 10.8. The minimum absolute atomic E-state index is 0.782. The largest absolute Gasteiger partial charge is 0.478 e. The van der Waals surface area contributed by atoms with Gasteiger partial charge < -0.3 is 15.1 Å². The molecule has 0 unspecified atom stereocenters. The van der Waals surface area contributed by atoms with Gasteiger partial charge in [-0.2, -0.15) is 0 Å². The lowest BCUT2D eigenvalue weighted by molar-refractivity contribution is -0.132. The molecule has 0 bridgehead atoms. The molecule has 5 heteroatoms. The van der Waals surface area contributed by atoms with Crippen molar-refractivity contribution < 1.29 is 19.8 Å². The number of carboxylic acids is 2. The molecule has 0 radical (unpaired) electrons. The van der Waals surface area contributed by atoms with E-state index in [1.807, 2.05) is 66.7 Å². The second-order valence-corrected chi connectivity index (χ2v) is 7.77. The Morgan fingerprint density at radius 2 is 0.886 bits per heavy atom. The molecule has 0 aliphatic carbocycles. The van der Waals surface area contributed by atoms with Crippen molar-refractivity contribution in [1.29, 1.82) is 0 Å². The van der Waals surface area contributed by atoms with E-state index in [1.165, 1.54) is 0 Å². The first-order chi connectivity index (χ1) is 17.0. The van der Waals surface area contributed by atoms with Crippen molar-refractivity contribution in [3.05, 3.63) is 126 Å². The molecule has 5 nitrogen and oxygen atoms in total. The maximum absolute atomic E-state index is 10.8. The number of anilines is 3. The van der Waals surface area contributed by atoms with E-state index < -0.39 is 11.9 Å². The summed E-state index contributed by atoms with van der Waals surface area (Å²) in [6.45, 7) is 0. The standard InChI is InChI=1S/C30H23NO4/c32-29(33)20-10-22-6-14-26(15-7-22)31(27-16-8-23(9-17-27)11-21-30(34)35)28-18-12-25(13-19-28)24-4-2-1-3-5-24/h1-21H,(H,32,33)(H,34,35). The van der Waals surface area contributed by atoms with Gasteiger partial charge in [-0.1, -0.05) is 66.7 Å². The van der Waals surface area contributed by atoms with Gasteiger partial charge in [0.25, 0.3) is 0 Å². The number of benzene rings is 4. The Balaban J connectivity index is 1.71. The average Bonchev–Trinajstić information content (AvgIpc) is 2.89. The van der Waals surface area contributed by atoms with Gasteiger partial charge in [-0.3, -0.25) is 0 Å². The summed E-state index contributed by atoms with van der Waals surface area (Å²) >= 11 is 0. The van der Waals surface area contributed by atoms with Crippen LogP contribution in [0.4, 0.5) is 17.1 Å². The quantitative estimate of drug-likeness (QED) is 0.276. The van der Waals surface area contributed by atoms with Crippen LogP contribution >= 0.6 is 0 Å². The summed E-state index contributed by atoms with van der Waals surface area (Å²) in [5, 5.41) is 17.8. The number of carboxylic acid groups (broad SMARTS) is 2. The van der Waals surface area contributed by atoms with Gasteiger partial charge in [0.05, 0.1) is 0 Å². The zero-order valence-electron chi connectivity index (χ0n) is 18.8. The Morgan fingerprint density at radius 3 is 1.29 bits per heavy atom. The summed E-state index contributed by atoms with van der Waals surface area (Å²) in [6.07, 6.45) is 5.32. The van der Waals surface area contributed by atoms with E-state index in [0.717, 1.165) is 51.5 Å². The van der Waals surface area contributed by atoms with Gasteiger partial charge in [0.15, 0.2) is 0 Å². The second-order valence-electron chi connectivity index (χ2n) is 7.77. The normalized spacial score (nSPS) is 11.1. The van der Waals surface area contributed by atoms with Crippen molar-refractivity contribution in [1.82, 2.24) is 0 Å². The molecule has 4 aromatic rings. The molecule has 4 aromatic carbocycles. The Kier molecular flexibility index (Phi) is 7.19. The Labute approximate surface area is 203 Å². The summed E-state index contributed by atoms with van der Waals surface area (Å²) < 4.78 is 0. The Bertz CT molecular complexity index is 1290. The van der Waals surface area contributed by atoms with Crippen LogP contribution in [0.15, 0.2) is 115 Å². The summed E-state index contributed by atoms with van der Waals surface area (Å²) in [5.41, 5.74) is 6.56. The van der Waals surface area contributed by atoms with Crippen LogP contribution < -0.4 is 4.90 Å². The molecule has 0 aliphatic rings. The van der Waals surface area contributed by atoms with Crippen LogP contribution in [-0.2, 0) is 9.59 Å². The number of rotatable bonds is 8. The van der Waals surface area contributed by atoms with Crippen LogP contribution in [0.25, 0.3) is 23.3 Å². The monoisotopic (exact) mass is 461 g/mol. The van der Waals surface area contributed by atoms with Crippen LogP contribution in [0.1, 0.15) is 11.1 Å². The zero-order valence-corrected chi connectivity index (χ0v) is 18.8. The fourth-order valence-electron chi connectivity index (χ4n) is 3.68. The van der Waals surface area contributed by atoms with Gasteiger partial charge in [-0.15, -0.1) is 0 Å². The Morgan fingerprint density at radius 1 is 0.514 bits per heavy atom. The van der Waals surface area contributed by atoms with Gasteiger partial charge in [0.2, 0.25) is 0 Å². The minimum Gasteiger partial charge on any atom is -0.478 e. The highest BCUT2D eigenvalue weighted by molar-refractivity contribution is 5.86. The lowest BCUT2D eigenvalue weighted by Crippen LogP contribution is -2.09. The third-order valence-corrected chi connectivity index (χ3v) is 5.37. The van der Waals surface area contributed by atoms with Crippen LogP contribution in [0, 0.1) is 0 Å². The zero-order chi connectivity index (χ0) is 24.6. The number of nitrogens with zero attached hydrogens (tertiary/aromatic N) is 1. The van der Waals surface area contributed by atoms with E-state index >= 15 is 0 Å². The predicted molar refractivity (Wildman–Crippen MR) is 140 cm³/mol. The number of hydrogen-bond donors (Lipinski definition) is 2. The number of carbonyl (C=O) groups is 2. The molecule has 35 heavy (non-hydrogen) atoms. The molecule has 4 rings (SSSR count). The van der Waals surface area contributed by atoms with Crippen molar-refractivity contribution >= 4 is 41.2 Å². The molecular weight excluding hydrogens is 438 g/mol. The fraction of sp³-hybridized carbons (Fsp3) is 0. The van der Waals surface area contributed by atoms with Crippen molar-refractivity contribution in [3.8, 4) is 11.1 Å². The predicted octanol–water partition coefficient (Wildman–Crippen LogP) is 7.02. The Hall–Kier alpha value is -4.90. The minimum atomic E-state index is -0.994. The van der Waals surface area contributed by atoms with Crippen LogP contribution in [0.5, 0.6) is 0 Å². The molecule has 0 saturated heterocycles. The number of hydrogen-bond acceptors (Lipinski definition) is 3. The third-order valence-electron chi connectivity index (χ3n) is 5.37. The molecule has 0 aromatic heterocycles. The van der Waals surface area contributed by atoms with Gasteiger partial charge in [-0.05, 0) is 70.8 Å². The molecule has 0 atom stereocenters. The molecule has 0 amide bonds. The molecule has 0 saturated carbocycles. The molecule has 0 fully saturated rings. The van der Waals surface area contributed by atoms with Crippen molar-refractivity contribution in [2.24, 2.45) is 0 Å². The lowest BCUT2D eigenvalue weighted by Gasteiger charge is -2.26. The van der Waals surface area contributed by atoms with Gasteiger partial charge >= 0.3 is 11.9 Å². The fourth-order valence-corrected chi connectivity index (χ4v) is 3.68. The van der Waals surface area contributed by atoms with Gasteiger partial charge in [0.1, 0.15) is 0 Å². The van der Waals surface area contributed by atoms with Gasteiger partial charge in [0, 0.05) is 29.2 Å². The van der Waals surface area contributed by atoms with Crippen LogP contribution in [-0.4, -0.2) is 22.2 Å². The first kappa shape index (κ1) is 23.3. The second kappa shape index (κ2) is 10.8. The van der Waals surface area contributed by atoms with E-state index in [0.29, 0.717) is 0 Å². The lowest BCUT2D eigenvalue weighted by atomic mass is 10.0. The highest BCUT2D eigenvalue weighted by Gasteiger charge is 2.13. The average molecular weight is 462 g/mol. The first-order valence-corrected chi connectivity index (χ1v) is 11.0. The first-order valence-electron chi connectivity index (χ1n) is 11.0. The van der Waals surface area contributed by atoms with Crippen molar-refractivity contribution in [2.45, 2.75) is 0 Å². The number of aliphatic carboxylic acids is 2. The summed E-state index contributed by atoms with van der Waals surface area (Å²) in [5.74, 6) is -1.99. The SMILES string of the molecule is O=C(O)C=Cc1ccc(N(c2ccc(C=CC(=O)O)cc2)c2ccc(-c3ccccc3)cc2)cc1. The van der Waals surface area contributed by atoms with Crippen LogP contribution in [0.2, 0.25) is 0 Å². The van der Waals surface area contributed by atoms with E-state index in [-0.39, 0.29) is 0 Å². The maximum Gasteiger partial charge on any atom is 0.328 e. The highest BCUT2D eigenvalue weighted by Crippen LogP contribution is 2.36. The third kappa shape index (κ3) is 6.12. The van der Waals surface area contributed by atoms with Crippen molar-refractivity contribution in [3.63, 3.8) is 0 Å². The summed E-state index contributed by atoms with van der Waals surface area (Å²) in [7, 11) is 0. The molecule has 0 aliphatic heterocycles. The smallest absolute Gasteiger partial charge is 0.328 e. The van der Waals surface area contributed by atoms with E-state index in [2.05, 4.69) is 41.3 Å². The van der Waals surface area contributed by atoms with E-state index in [1.54, 1.807) is 12.2 Å². The highest BCUT2D eigenvalue weighted by atomic mass is 16.4. The molecule has 2 N–H and O–H groups in total. The topological polar surface area (TPSA) is 77.8 Å². The summed E-state index contributed by atoms with van der Waals surface area (Å²) in [4.78, 5) is 23.7. The molecule has 172 valence electrons. The van der Waals surface area contributed by atoms with Gasteiger partial charge in [-0.25, -0.2) is 9.59 Å². The molecular formula is C30H23NO4. The van der Waals surface area contributed by atoms with E-state index in [9.17, 15) is 9.59 Å². The van der Waals surface area contributed by atoms with Crippen LogP contribution in [0.3, 0.4) is 0 Å².